The van der Waals surface area contributed by atoms with Crippen LogP contribution in [0, 0.1) is 5.41 Å². The Morgan fingerprint density at radius 3 is 2.72 bits per heavy atom. The van der Waals surface area contributed by atoms with Gasteiger partial charge in [-0.3, -0.25) is 9.79 Å². The molecule has 0 saturated carbocycles. The second-order valence-electron chi connectivity index (χ2n) is 6.23. The Morgan fingerprint density at radius 1 is 1.50 bits per heavy atom. The van der Waals surface area contributed by atoms with Gasteiger partial charge < -0.3 is 10.6 Å². The molecule has 4 nitrogen and oxygen atoms in total. The normalized spacial score (nSPS) is 19.9. The number of thioether (sulfide) groups is 1. The van der Waals surface area contributed by atoms with Crippen molar-refractivity contribution in [3.8, 4) is 0 Å². The van der Waals surface area contributed by atoms with Crippen LogP contribution in [0.25, 0.3) is 0 Å². The Labute approximate surface area is 114 Å². The minimum Gasteiger partial charge on any atom is -0.356 e. The predicted molar refractivity (Wildman–Crippen MR) is 79.0 cm³/mol. The first-order chi connectivity index (χ1) is 8.26. The summed E-state index contributed by atoms with van der Waals surface area (Å²) >= 11 is 1.76. The Hall–Kier alpha value is -0.710. The van der Waals surface area contributed by atoms with Crippen LogP contribution in [0.2, 0.25) is 0 Å². The first kappa shape index (κ1) is 15.3. The lowest BCUT2D eigenvalue weighted by Crippen LogP contribution is -2.39. The standard InChI is InChI=1S/C13H25N3OS/c1-9(2)16-11(17)8-15-12-14-7-10(18-12)6-13(3,4)5/h9-10H,6-8H2,1-5H3,(H,14,15)(H,16,17). The van der Waals surface area contributed by atoms with Gasteiger partial charge >= 0.3 is 0 Å². The van der Waals surface area contributed by atoms with Gasteiger partial charge in [0.25, 0.3) is 0 Å². The van der Waals surface area contributed by atoms with Crippen molar-refractivity contribution in [1.29, 1.82) is 0 Å². The van der Waals surface area contributed by atoms with Gasteiger partial charge in [-0.05, 0) is 25.7 Å². The smallest absolute Gasteiger partial charge is 0.239 e. The average Bonchev–Trinajstić information content (AvgIpc) is 2.58. The van der Waals surface area contributed by atoms with Gasteiger partial charge in [0.05, 0.1) is 13.1 Å². The van der Waals surface area contributed by atoms with E-state index in [0.717, 1.165) is 18.1 Å². The maximum Gasteiger partial charge on any atom is 0.239 e. The monoisotopic (exact) mass is 271 g/mol. The lowest BCUT2D eigenvalue weighted by atomic mass is 9.90. The molecule has 5 heteroatoms. The Kier molecular flexibility index (Phi) is 5.50. The van der Waals surface area contributed by atoms with E-state index < -0.39 is 0 Å². The molecule has 0 aromatic carbocycles. The molecule has 18 heavy (non-hydrogen) atoms. The van der Waals surface area contributed by atoms with Crippen molar-refractivity contribution in [3.63, 3.8) is 0 Å². The summed E-state index contributed by atoms with van der Waals surface area (Å²) in [5.41, 5.74) is 0.331. The molecule has 0 fully saturated rings. The van der Waals surface area contributed by atoms with Crippen molar-refractivity contribution < 1.29 is 4.79 Å². The molecule has 0 bridgehead atoms. The van der Waals surface area contributed by atoms with Crippen LogP contribution in [0.15, 0.2) is 4.99 Å². The van der Waals surface area contributed by atoms with Crippen LogP contribution in [0.5, 0.6) is 0 Å². The van der Waals surface area contributed by atoms with Crippen molar-refractivity contribution in [2.45, 2.75) is 52.3 Å². The number of rotatable bonds is 4. The quantitative estimate of drug-likeness (QED) is 0.822. The molecule has 1 atom stereocenters. The molecule has 0 aromatic heterocycles. The molecule has 1 amide bonds. The Bertz CT molecular complexity index is 321. The summed E-state index contributed by atoms with van der Waals surface area (Å²) in [4.78, 5) is 15.9. The number of amides is 1. The van der Waals surface area contributed by atoms with E-state index in [-0.39, 0.29) is 11.9 Å². The van der Waals surface area contributed by atoms with Crippen LogP contribution in [0.4, 0.5) is 0 Å². The highest BCUT2D eigenvalue weighted by Gasteiger charge is 2.25. The summed E-state index contributed by atoms with van der Waals surface area (Å²) in [5, 5.41) is 7.40. The average molecular weight is 271 g/mol. The van der Waals surface area contributed by atoms with Gasteiger partial charge in [0.2, 0.25) is 5.91 Å². The number of amidine groups is 1. The van der Waals surface area contributed by atoms with Gasteiger partial charge in [-0.15, -0.1) is 0 Å². The molecule has 1 heterocycles. The molecule has 0 saturated heterocycles. The number of aliphatic imine (C=N–C) groups is 1. The molecule has 104 valence electrons. The van der Waals surface area contributed by atoms with Gasteiger partial charge in [-0.2, -0.15) is 0 Å². The molecule has 1 unspecified atom stereocenters. The molecule has 1 aliphatic rings. The molecule has 2 N–H and O–H groups in total. The fourth-order valence-corrected chi connectivity index (χ4v) is 3.19. The molecular weight excluding hydrogens is 246 g/mol. The highest BCUT2D eigenvalue weighted by molar-refractivity contribution is 8.14. The molecule has 0 radical (unpaired) electrons. The number of nitrogens with one attached hydrogen (secondary N) is 2. The van der Waals surface area contributed by atoms with E-state index >= 15 is 0 Å². The summed E-state index contributed by atoms with van der Waals surface area (Å²) in [6.07, 6.45) is 1.14. The minimum atomic E-state index is 0.0209. The molecule has 1 rings (SSSR count). The first-order valence-electron chi connectivity index (χ1n) is 6.50. The Morgan fingerprint density at radius 2 is 2.17 bits per heavy atom. The van der Waals surface area contributed by atoms with E-state index in [9.17, 15) is 4.79 Å². The van der Waals surface area contributed by atoms with E-state index in [4.69, 9.17) is 0 Å². The predicted octanol–water partition coefficient (Wildman–Crippen LogP) is 2.01. The number of carbonyl (C=O) groups is 1. The number of hydrogen-bond donors (Lipinski definition) is 2. The van der Waals surface area contributed by atoms with E-state index in [2.05, 4.69) is 36.4 Å². The zero-order valence-corrected chi connectivity index (χ0v) is 12.9. The summed E-state index contributed by atoms with van der Waals surface area (Å²) in [7, 11) is 0. The maximum absolute atomic E-state index is 11.5. The zero-order valence-electron chi connectivity index (χ0n) is 12.0. The van der Waals surface area contributed by atoms with Crippen LogP contribution in [0.3, 0.4) is 0 Å². The molecule has 0 spiro atoms. The van der Waals surface area contributed by atoms with Crippen molar-refractivity contribution in [1.82, 2.24) is 10.6 Å². The van der Waals surface area contributed by atoms with Crippen molar-refractivity contribution in [3.05, 3.63) is 0 Å². The summed E-state index contributed by atoms with van der Waals surface area (Å²) in [6, 6.07) is 0.186. The van der Waals surface area contributed by atoms with E-state index in [0.29, 0.717) is 17.2 Å². The fourth-order valence-electron chi connectivity index (χ4n) is 1.83. The topological polar surface area (TPSA) is 53.5 Å². The number of hydrogen-bond acceptors (Lipinski definition) is 4. The van der Waals surface area contributed by atoms with Crippen LogP contribution in [-0.4, -0.2) is 35.5 Å². The van der Waals surface area contributed by atoms with Gasteiger partial charge in [0.15, 0.2) is 5.17 Å². The lowest BCUT2D eigenvalue weighted by Gasteiger charge is -2.21. The number of carbonyl (C=O) groups excluding carboxylic acids is 1. The molecular formula is C13H25N3OS. The van der Waals surface area contributed by atoms with Crippen molar-refractivity contribution >= 4 is 22.8 Å². The van der Waals surface area contributed by atoms with E-state index in [1.54, 1.807) is 11.8 Å². The SMILES string of the molecule is CC(C)NC(=O)CNC1=NCC(CC(C)(C)C)S1. The zero-order chi connectivity index (χ0) is 13.8. The largest absolute Gasteiger partial charge is 0.356 e. The number of nitrogens with zero attached hydrogens (tertiary/aromatic N) is 1. The van der Waals surface area contributed by atoms with E-state index in [1.165, 1.54) is 0 Å². The highest BCUT2D eigenvalue weighted by Crippen LogP contribution is 2.31. The molecule has 1 aliphatic heterocycles. The fraction of sp³-hybridized carbons (Fsp3) is 0.846. The summed E-state index contributed by atoms with van der Waals surface area (Å²) in [6.45, 7) is 11.8. The molecule has 0 aliphatic carbocycles. The lowest BCUT2D eigenvalue weighted by molar-refractivity contribution is -0.120. The second kappa shape index (κ2) is 6.45. The van der Waals surface area contributed by atoms with Crippen molar-refractivity contribution in [2.75, 3.05) is 13.1 Å². The van der Waals surface area contributed by atoms with Gasteiger partial charge in [-0.1, -0.05) is 32.5 Å². The van der Waals surface area contributed by atoms with Gasteiger partial charge in [0, 0.05) is 11.3 Å². The summed E-state index contributed by atoms with van der Waals surface area (Å²) < 4.78 is 0. The molecule has 0 aromatic rings. The third kappa shape index (κ3) is 6.28. The van der Waals surface area contributed by atoms with Crippen LogP contribution >= 0.6 is 11.8 Å². The third-order valence-corrected chi connectivity index (χ3v) is 3.55. The van der Waals surface area contributed by atoms with Crippen LogP contribution < -0.4 is 10.6 Å². The van der Waals surface area contributed by atoms with Gasteiger partial charge in [0.1, 0.15) is 0 Å². The maximum atomic E-state index is 11.5. The van der Waals surface area contributed by atoms with Crippen LogP contribution in [0.1, 0.15) is 41.0 Å². The minimum absolute atomic E-state index is 0.0209. The Balaban J connectivity index is 2.24. The third-order valence-electron chi connectivity index (χ3n) is 2.41. The second-order valence-corrected chi connectivity index (χ2v) is 7.52. The van der Waals surface area contributed by atoms with Gasteiger partial charge in [-0.25, -0.2) is 0 Å². The first-order valence-corrected chi connectivity index (χ1v) is 7.38. The van der Waals surface area contributed by atoms with E-state index in [1.807, 2.05) is 13.8 Å². The summed E-state index contributed by atoms with van der Waals surface area (Å²) in [5.74, 6) is 0.0209. The van der Waals surface area contributed by atoms with Crippen molar-refractivity contribution in [2.24, 2.45) is 10.4 Å². The highest BCUT2D eigenvalue weighted by atomic mass is 32.2. The van der Waals surface area contributed by atoms with Crippen LogP contribution in [-0.2, 0) is 4.79 Å².